The molecule has 59 heavy (non-hydrogen) atoms. The molecule has 4 aromatic rings. The molecule has 1 radical (unpaired) electrons. The number of azo groups is 2. The summed E-state index contributed by atoms with van der Waals surface area (Å²) < 4.78 is 63.3. The van der Waals surface area contributed by atoms with Gasteiger partial charge in [0.25, 0.3) is 43.4 Å². The zero-order valence-electron chi connectivity index (χ0n) is 29.6. The molecule has 0 atom stereocenters. The van der Waals surface area contributed by atoms with Crippen LogP contribution < -0.4 is 26.0 Å². The zero-order valence-corrected chi connectivity index (χ0v) is 32.5. The Bertz CT molecular complexity index is 2430. The molecule has 2 amide bonds. The summed E-state index contributed by atoms with van der Waals surface area (Å²) in [5.41, 5.74) is -4.10. The van der Waals surface area contributed by atoms with Crippen molar-refractivity contribution < 1.29 is 83.2 Å². The molecule has 5 N–H and O–H groups in total. The molecule has 4 aromatic carbocycles. The van der Waals surface area contributed by atoms with E-state index in [9.17, 15) is 67.1 Å². The number of carbonyl (C=O) groups is 2. The number of nitro benzene ring substituents is 2. The molecule has 0 bridgehead atoms. The van der Waals surface area contributed by atoms with E-state index >= 15 is 0 Å². The number of benzene rings is 4. The number of hydrogen-bond acceptors (Lipinski definition) is 18. The third kappa shape index (κ3) is 13.5. The Labute approximate surface area is 342 Å². The van der Waals surface area contributed by atoms with Gasteiger partial charge in [0.1, 0.15) is 11.5 Å². The summed E-state index contributed by atoms with van der Waals surface area (Å²) in [5, 5.41) is 85.8. The number of nitrogens with zero attached hydrogens (tertiary/aromatic N) is 6. The zero-order chi connectivity index (χ0) is 43.5. The molecule has 0 saturated carbocycles. The second-order valence-corrected chi connectivity index (χ2v) is 13.7. The number of aliphatic hydroxyl groups is 1. The van der Waals surface area contributed by atoms with E-state index in [0.717, 1.165) is 13.8 Å². The van der Waals surface area contributed by atoms with Crippen molar-refractivity contribution in [2.75, 3.05) is 10.6 Å². The first-order valence-corrected chi connectivity index (χ1v) is 18.2. The van der Waals surface area contributed by atoms with Crippen LogP contribution in [0.15, 0.2) is 138 Å². The molecular weight excluding hydrogens is 869 g/mol. The number of carbonyl (C=O) groups excluding carboxylic acids is 2. The standard InChI is InChI=1S/2C16H14N4O8S.Cr/c2*1-9(21)14(16(23)17-10-5-3-2-4-6-10)19-18-12-7-11(20(24)25)8-13(15(12)22)29(26,27)28;/h2*2-8,21-22H,1H3,(H,17,23)(H,26,27,28);/q;;+3/p-3. The first-order valence-electron chi connectivity index (χ1n) is 15.3. The van der Waals surface area contributed by atoms with Gasteiger partial charge in [0.15, 0.2) is 5.70 Å². The van der Waals surface area contributed by atoms with Crippen molar-refractivity contribution in [1.82, 2.24) is 0 Å². The molecule has 0 aliphatic heterocycles. The Morgan fingerprint density at radius 1 is 0.644 bits per heavy atom. The van der Waals surface area contributed by atoms with Gasteiger partial charge in [-0.05, 0) is 31.2 Å². The van der Waals surface area contributed by atoms with Crippen molar-refractivity contribution >= 4 is 66.2 Å². The number of rotatable bonds is 12. The molecule has 27 heteroatoms. The number of amides is 2. The second kappa shape index (κ2) is 20.3. The summed E-state index contributed by atoms with van der Waals surface area (Å²) in [6, 6.07) is 18.0. The molecule has 0 fully saturated rings. The minimum Gasteiger partial charge on any atom is -0.874 e. The van der Waals surface area contributed by atoms with Gasteiger partial charge in [-0.1, -0.05) is 54.8 Å². The molecule has 0 spiro atoms. The van der Waals surface area contributed by atoms with Gasteiger partial charge in [-0.3, -0.25) is 38.9 Å². The Morgan fingerprint density at radius 3 is 1.29 bits per heavy atom. The molecule has 0 unspecified atom stereocenters. The predicted molar refractivity (Wildman–Crippen MR) is 192 cm³/mol. The predicted octanol–water partition coefficient (Wildman–Crippen LogP) is 3.65. The smallest absolute Gasteiger partial charge is 0.874 e. The van der Waals surface area contributed by atoms with Crippen LogP contribution in [0.1, 0.15) is 13.8 Å². The average Bonchev–Trinajstić information content (AvgIpc) is 3.12. The van der Waals surface area contributed by atoms with E-state index in [1.807, 2.05) is 0 Å². The average molecular weight is 894 g/mol. The van der Waals surface area contributed by atoms with Crippen molar-refractivity contribution in [3.63, 3.8) is 0 Å². The van der Waals surface area contributed by atoms with Gasteiger partial charge in [0.2, 0.25) is 0 Å². The Morgan fingerprint density at radius 2 is 0.983 bits per heavy atom. The van der Waals surface area contributed by atoms with Gasteiger partial charge < -0.3 is 31.1 Å². The summed E-state index contributed by atoms with van der Waals surface area (Å²) >= 11 is 0. The van der Waals surface area contributed by atoms with E-state index < -0.39 is 109 Å². The molecule has 24 nitrogen and oxygen atoms in total. The van der Waals surface area contributed by atoms with Crippen LogP contribution in [0.4, 0.5) is 34.1 Å². The molecular formula is C32H25CrN8O16S2. The Kier molecular flexibility index (Phi) is 16.5. The maximum atomic E-state index is 12.3. The molecule has 307 valence electrons. The fourth-order valence-corrected chi connectivity index (χ4v) is 5.30. The Hall–Kier alpha value is -7.15. The quantitative estimate of drug-likeness (QED) is 0.0338. The number of hydrogen-bond donors (Lipinski definition) is 5. The minimum atomic E-state index is -5.10. The number of non-ortho nitro benzene ring substituents is 2. The van der Waals surface area contributed by atoms with Crippen molar-refractivity contribution in [3.8, 4) is 11.5 Å². The number of nitrogens with one attached hydrogen (secondary N) is 2. The molecule has 0 heterocycles. The number of allylic oxidation sites excluding steroid dienone is 2. The third-order valence-corrected chi connectivity index (χ3v) is 8.42. The number of para-hydroxylation sites is 2. The SMILES string of the molecule is CC(O)=C(N=Nc1cc([N+](=O)[O-])cc(S(=O)(=O)O)c1[O-])C(=O)Nc1ccccc1.CC([O-])=C(N=Nc1cc([N+](=O)[O-])cc(S(=O)(=O)O)c1[O-])C(=O)Nc1ccccc1.[Cr+3]. The summed E-state index contributed by atoms with van der Waals surface area (Å²) in [5.74, 6) is -6.08. The van der Waals surface area contributed by atoms with E-state index in [4.69, 9.17) is 9.11 Å². The van der Waals surface area contributed by atoms with Gasteiger partial charge in [-0.15, -0.1) is 16.0 Å². The third-order valence-electron chi connectivity index (χ3n) is 6.70. The van der Waals surface area contributed by atoms with Gasteiger partial charge >= 0.3 is 17.4 Å². The summed E-state index contributed by atoms with van der Waals surface area (Å²) in [6.45, 7) is 2.10. The normalized spacial score (nSPS) is 12.3. The minimum absolute atomic E-state index is 0. The van der Waals surface area contributed by atoms with Gasteiger partial charge in [-0.25, -0.2) is 0 Å². The first kappa shape index (κ1) is 48.0. The molecule has 0 aliphatic carbocycles. The topological polar surface area (TPSA) is 392 Å². The van der Waals surface area contributed by atoms with Gasteiger partial charge in [0, 0.05) is 35.6 Å². The number of nitro groups is 2. The fourth-order valence-electron chi connectivity index (χ4n) is 4.08. The van der Waals surface area contributed by atoms with Crippen LogP contribution in [0.5, 0.6) is 11.5 Å². The second-order valence-electron chi connectivity index (χ2n) is 10.9. The summed E-state index contributed by atoms with van der Waals surface area (Å²) in [7, 11) is -10.2. The largest absolute Gasteiger partial charge is 3.00 e. The maximum Gasteiger partial charge on any atom is 3.00 e. The monoisotopic (exact) mass is 893 g/mol. The number of aliphatic hydroxyl groups excluding tert-OH is 1. The maximum absolute atomic E-state index is 12.3. The van der Waals surface area contributed by atoms with Crippen LogP contribution in [0.3, 0.4) is 0 Å². The number of anilines is 2. The van der Waals surface area contributed by atoms with E-state index in [-0.39, 0.29) is 17.4 Å². The van der Waals surface area contributed by atoms with Crippen LogP contribution in [0.2, 0.25) is 0 Å². The summed E-state index contributed by atoms with van der Waals surface area (Å²) in [4.78, 5) is 41.7. The molecule has 0 aliphatic rings. The van der Waals surface area contributed by atoms with Crippen molar-refractivity contribution in [1.29, 1.82) is 0 Å². The van der Waals surface area contributed by atoms with Gasteiger partial charge in [-0.2, -0.15) is 27.1 Å². The molecule has 4 rings (SSSR count). The van der Waals surface area contributed by atoms with E-state index in [1.54, 1.807) is 48.5 Å². The van der Waals surface area contributed by atoms with E-state index in [1.165, 1.54) is 12.1 Å². The Balaban J connectivity index is 0.000000400. The fraction of sp³-hybridized carbons (Fsp3) is 0.0625. The van der Waals surface area contributed by atoms with Crippen LogP contribution in [0.25, 0.3) is 0 Å². The van der Waals surface area contributed by atoms with Crippen LogP contribution in [0, 0.1) is 20.2 Å². The van der Waals surface area contributed by atoms with E-state index in [2.05, 4.69) is 31.1 Å². The van der Waals surface area contributed by atoms with Crippen molar-refractivity contribution in [3.05, 3.63) is 128 Å². The summed E-state index contributed by atoms with van der Waals surface area (Å²) in [6.07, 6.45) is 0. The van der Waals surface area contributed by atoms with Crippen molar-refractivity contribution in [2.45, 2.75) is 23.6 Å². The van der Waals surface area contributed by atoms with Crippen LogP contribution >= 0.6 is 0 Å². The van der Waals surface area contributed by atoms with Crippen molar-refractivity contribution in [2.24, 2.45) is 20.5 Å². The molecule has 0 saturated heterocycles. The van der Waals surface area contributed by atoms with Crippen LogP contribution in [-0.4, -0.2) is 52.7 Å². The molecule has 0 aromatic heterocycles. The van der Waals surface area contributed by atoms with Crippen LogP contribution in [-0.2, 0) is 47.2 Å². The van der Waals surface area contributed by atoms with Gasteiger partial charge in [0.05, 0.1) is 31.0 Å². The van der Waals surface area contributed by atoms with E-state index in [0.29, 0.717) is 35.6 Å². The first-order chi connectivity index (χ1) is 27.0.